The summed E-state index contributed by atoms with van der Waals surface area (Å²) in [7, 11) is 1.50. The summed E-state index contributed by atoms with van der Waals surface area (Å²) >= 11 is 0.341. The van der Waals surface area contributed by atoms with E-state index in [9.17, 15) is 35.1 Å². The molecular weight excluding hydrogens is 560 g/mol. The Morgan fingerprint density at radius 1 is 0.872 bits per heavy atom. The fourth-order valence-corrected chi connectivity index (χ4v) is 4.61. The van der Waals surface area contributed by atoms with Gasteiger partial charge in [0.25, 0.3) is 0 Å². The summed E-state index contributed by atoms with van der Waals surface area (Å²) in [6.07, 6.45) is -3.70. The van der Waals surface area contributed by atoms with Gasteiger partial charge < -0.3 is 18.4 Å². The van der Waals surface area contributed by atoms with Crippen molar-refractivity contribution >= 4 is 12.0 Å². The van der Waals surface area contributed by atoms with Crippen molar-refractivity contribution in [2.24, 2.45) is 0 Å². The third kappa shape index (κ3) is 6.19. The van der Waals surface area contributed by atoms with Crippen LogP contribution in [0.1, 0.15) is 35.4 Å². The third-order valence-electron chi connectivity index (χ3n) is 5.88. The summed E-state index contributed by atoms with van der Waals surface area (Å²) in [5, 5.41) is 0. The summed E-state index contributed by atoms with van der Waals surface area (Å²) < 4.78 is 129. The molecule has 0 fully saturated rings. The molecule has 13 heteroatoms. The van der Waals surface area contributed by atoms with E-state index in [2.05, 4.69) is 0 Å². The number of ether oxygens (including phenoxy) is 3. The van der Waals surface area contributed by atoms with Gasteiger partial charge in [-0.3, -0.25) is 0 Å². The van der Waals surface area contributed by atoms with Gasteiger partial charge in [0, 0.05) is 37.2 Å². The van der Waals surface area contributed by atoms with Gasteiger partial charge in [-0.25, -0.2) is 13.2 Å². The minimum Gasteiger partial charge on any atom is -0.493 e. The van der Waals surface area contributed by atoms with Crippen molar-refractivity contribution in [3.8, 4) is 17.2 Å². The van der Waals surface area contributed by atoms with E-state index in [-0.39, 0.29) is 23.9 Å². The van der Waals surface area contributed by atoms with Gasteiger partial charge in [-0.1, -0.05) is 12.1 Å². The number of halogens is 8. The summed E-state index contributed by atoms with van der Waals surface area (Å²) in [6, 6.07) is 7.73. The maximum absolute atomic E-state index is 13.9. The lowest BCUT2D eigenvalue weighted by Crippen LogP contribution is -2.17. The Balaban J connectivity index is 1.60. The van der Waals surface area contributed by atoms with E-state index in [0.29, 0.717) is 48.4 Å². The second-order valence-corrected chi connectivity index (χ2v) is 9.20. The molecule has 0 aliphatic carbocycles. The Kier molecular flexibility index (Phi) is 8.80. The SMILES string of the molecule is COCCCOc1cc(C(F)(F)F)ccc1C1CCOc2cc(SOc3c(F)c(F)c(F)c(F)c3F)ccc21. The lowest BCUT2D eigenvalue weighted by Gasteiger charge is -2.28. The second kappa shape index (κ2) is 11.9. The normalized spacial score (nSPS) is 15.1. The number of benzene rings is 3. The first-order valence-electron chi connectivity index (χ1n) is 11.5. The molecule has 0 spiro atoms. The summed E-state index contributed by atoms with van der Waals surface area (Å²) in [5.74, 6) is -12.3. The van der Waals surface area contributed by atoms with Crippen LogP contribution in [0.15, 0.2) is 41.3 Å². The molecule has 0 aromatic heterocycles. The van der Waals surface area contributed by atoms with E-state index in [1.807, 2.05) is 0 Å². The molecule has 0 radical (unpaired) electrons. The molecule has 1 heterocycles. The number of alkyl halides is 3. The van der Waals surface area contributed by atoms with Crippen LogP contribution in [0.4, 0.5) is 35.1 Å². The monoisotopic (exact) mass is 580 g/mol. The van der Waals surface area contributed by atoms with E-state index in [4.69, 9.17) is 18.4 Å². The van der Waals surface area contributed by atoms with Gasteiger partial charge in [-0.2, -0.15) is 22.0 Å². The molecule has 210 valence electrons. The number of fused-ring (bicyclic) bond motifs is 1. The van der Waals surface area contributed by atoms with Crippen LogP contribution in [-0.2, 0) is 10.9 Å². The maximum Gasteiger partial charge on any atom is 0.416 e. The van der Waals surface area contributed by atoms with Crippen LogP contribution in [0.2, 0.25) is 0 Å². The average Bonchev–Trinajstić information content (AvgIpc) is 2.92. The molecule has 1 atom stereocenters. The molecule has 39 heavy (non-hydrogen) atoms. The number of hydrogen-bond donors (Lipinski definition) is 0. The summed E-state index contributed by atoms with van der Waals surface area (Å²) in [5.41, 5.74) is 0.239. The molecular formula is C26H20F8O4S. The van der Waals surface area contributed by atoms with Crippen molar-refractivity contribution in [3.63, 3.8) is 0 Å². The first-order chi connectivity index (χ1) is 18.5. The van der Waals surface area contributed by atoms with Gasteiger partial charge in [0.1, 0.15) is 11.5 Å². The van der Waals surface area contributed by atoms with Crippen molar-refractivity contribution in [1.29, 1.82) is 0 Å². The van der Waals surface area contributed by atoms with Gasteiger partial charge >= 0.3 is 6.18 Å². The van der Waals surface area contributed by atoms with Crippen LogP contribution >= 0.6 is 12.0 Å². The van der Waals surface area contributed by atoms with Crippen molar-refractivity contribution in [2.45, 2.75) is 29.8 Å². The predicted octanol–water partition coefficient (Wildman–Crippen LogP) is 7.82. The molecule has 0 N–H and O–H groups in total. The maximum atomic E-state index is 13.9. The zero-order valence-corrected chi connectivity index (χ0v) is 21.0. The van der Waals surface area contributed by atoms with Gasteiger partial charge in [0.15, 0.2) is 0 Å². The lowest BCUT2D eigenvalue weighted by molar-refractivity contribution is -0.137. The Morgan fingerprint density at radius 3 is 2.21 bits per heavy atom. The highest BCUT2D eigenvalue weighted by molar-refractivity contribution is 7.95. The zero-order valence-electron chi connectivity index (χ0n) is 20.1. The topological polar surface area (TPSA) is 36.9 Å². The van der Waals surface area contributed by atoms with Gasteiger partial charge in [-0.05, 0) is 30.7 Å². The Labute approximate surface area is 222 Å². The first kappa shape index (κ1) is 28.8. The van der Waals surface area contributed by atoms with Crippen LogP contribution in [-0.4, -0.2) is 26.9 Å². The quantitative estimate of drug-likeness (QED) is 0.0849. The highest BCUT2D eigenvalue weighted by Gasteiger charge is 2.33. The molecule has 3 aromatic carbocycles. The second-order valence-electron chi connectivity index (χ2n) is 8.40. The molecule has 0 amide bonds. The largest absolute Gasteiger partial charge is 0.493 e. The van der Waals surface area contributed by atoms with Gasteiger partial charge in [-0.15, -0.1) is 0 Å². The van der Waals surface area contributed by atoms with Crippen LogP contribution in [0.5, 0.6) is 17.2 Å². The zero-order chi connectivity index (χ0) is 28.3. The van der Waals surface area contributed by atoms with E-state index in [1.54, 1.807) is 6.07 Å². The lowest BCUT2D eigenvalue weighted by atomic mass is 9.85. The standard InChI is InChI=1S/C26H20F8O4S/c1-35-8-2-9-36-18-11-13(26(32,33)34)3-5-16(18)15-7-10-37-19-12-14(4-6-17(15)19)39-38-25-23(30)21(28)20(27)22(29)24(25)31/h3-6,11-12,15H,2,7-10H2,1H3. The highest BCUT2D eigenvalue weighted by Crippen LogP contribution is 2.45. The van der Waals surface area contributed by atoms with Gasteiger partial charge in [0.05, 0.1) is 35.7 Å². The van der Waals surface area contributed by atoms with Gasteiger partial charge in [0.2, 0.25) is 34.8 Å². The van der Waals surface area contributed by atoms with E-state index >= 15 is 0 Å². The van der Waals surface area contributed by atoms with Crippen LogP contribution in [0, 0.1) is 29.1 Å². The van der Waals surface area contributed by atoms with Crippen molar-refractivity contribution in [3.05, 3.63) is 82.2 Å². The first-order valence-corrected chi connectivity index (χ1v) is 12.2. The van der Waals surface area contributed by atoms with E-state index in [1.165, 1.54) is 25.3 Å². The fourth-order valence-electron chi connectivity index (χ4n) is 4.00. The number of hydrogen-bond acceptors (Lipinski definition) is 5. The third-order valence-corrected chi connectivity index (χ3v) is 6.58. The minimum atomic E-state index is -4.57. The molecule has 0 saturated heterocycles. The fraction of sp³-hybridized carbons (Fsp3) is 0.308. The van der Waals surface area contributed by atoms with Crippen molar-refractivity contribution in [1.82, 2.24) is 0 Å². The van der Waals surface area contributed by atoms with Crippen LogP contribution in [0.25, 0.3) is 0 Å². The molecule has 3 aromatic rings. The highest BCUT2D eigenvalue weighted by atomic mass is 32.2. The molecule has 0 saturated carbocycles. The minimum absolute atomic E-state index is 0.0619. The van der Waals surface area contributed by atoms with E-state index in [0.717, 1.165) is 12.1 Å². The molecule has 0 bridgehead atoms. The predicted molar refractivity (Wildman–Crippen MR) is 125 cm³/mol. The van der Waals surface area contributed by atoms with Crippen LogP contribution < -0.4 is 13.7 Å². The number of methoxy groups -OCH3 is 1. The summed E-state index contributed by atoms with van der Waals surface area (Å²) in [6.45, 7) is 0.680. The Hall–Kier alpha value is -3.19. The summed E-state index contributed by atoms with van der Waals surface area (Å²) in [4.78, 5) is 0.210. The Bertz CT molecular complexity index is 1320. The number of rotatable bonds is 9. The van der Waals surface area contributed by atoms with Crippen molar-refractivity contribution < 1.29 is 53.5 Å². The molecule has 4 rings (SSSR count). The van der Waals surface area contributed by atoms with Crippen LogP contribution in [0.3, 0.4) is 0 Å². The molecule has 4 nitrogen and oxygen atoms in total. The van der Waals surface area contributed by atoms with E-state index < -0.39 is 52.5 Å². The average molecular weight is 580 g/mol. The smallest absolute Gasteiger partial charge is 0.416 e. The Morgan fingerprint density at radius 2 is 1.54 bits per heavy atom. The molecule has 1 aliphatic rings. The van der Waals surface area contributed by atoms with Crippen molar-refractivity contribution in [2.75, 3.05) is 26.9 Å². The molecule has 1 unspecified atom stereocenters. The molecule has 1 aliphatic heterocycles.